The molecule has 2 saturated heterocycles. The number of guanidine groups is 1. The summed E-state index contributed by atoms with van der Waals surface area (Å²) in [4.78, 5) is 12.6. The van der Waals surface area contributed by atoms with Crippen LogP contribution in [0.3, 0.4) is 0 Å². The summed E-state index contributed by atoms with van der Waals surface area (Å²) in [7, 11) is 1.96. The van der Waals surface area contributed by atoms with Crippen molar-refractivity contribution in [2.75, 3.05) is 70.9 Å². The molecule has 2 heterocycles. The lowest BCUT2D eigenvalue weighted by molar-refractivity contribution is 0.0621. The number of aliphatic imine (C=N–C) groups is 1. The van der Waals surface area contributed by atoms with E-state index in [-0.39, 0.29) is 0 Å². The molecule has 3 rings (SSSR count). The third kappa shape index (κ3) is 5.57. The molecule has 1 atom stereocenters. The fourth-order valence-electron chi connectivity index (χ4n) is 5.45. The Morgan fingerprint density at radius 1 is 1.11 bits per heavy atom. The Morgan fingerprint density at radius 3 is 2.46 bits per heavy atom. The molecule has 1 saturated carbocycles. The molecule has 0 spiro atoms. The van der Waals surface area contributed by atoms with Gasteiger partial charge in [0.15, 0.2) is 5.96 Å². The zero-order valence-electron chi connectivity index (χ0n) is 18.6. The van der Waals surface area contributed by atoms with E-state index in [4.69, 9.17) is 0 Å². The Bertz CT molecular complexity index is 481. The van der Waals surface area contributed by atoms with Crippen LogP contribution in [0.2, 0.25) is 0 Å². The standard InChI is InChI=1S/C22H43N5S/c1-4-25(5-2)17-20-9-12-26(18-20)21(23-3)24-19-22(10-7-6-8-11-22)27-13-15-28-16-14-27/h20H,4-19H2,1-3H3,(H,23,24). The number of nitrogens with zero attached hydrogens (tertiary/aromatic N) is 4. The molecule has 0 aromatic carbocycles. The highest BCUT2D eigenvalue weighted by Crippen LogP contribution is 2.35. The highest BCUT2D eigenvalue weighted by molar-refractivity contribution is 7.99. The van der Waals surface area contributed by atoms with Crippen LogP contribution in [0.25, 0.3) is 0 Å². The van der Waals surface area contributed by atoms with Crippen LogP contribution in [0.15, 0.2) is 4.99 Å². The Morgan fingerprint density at radius 2 is 1.82 bits per heavy atom. The first-order valence-electron chi connectivity index (χ1n) is 11.7. The SMILES string of the molecule is CCN(CC)CC1CCN(C(=NC)NCC2(N3CCSCC3)CCCCC2)C1. The fourth-order valence-corrected chi connectivity index (χ4v) is 6.35. The molecule has 162 valence electrons. The third-order valence-corrected chi connectivity index (χ3v) is 8.19. The molecule has 0 aromatic heterocycles. The molecule has 1 N–H and O–H groups in total. The molecule has 0 radical (unpaired) electrons. The first-order chi connectivity index (χ1) is 13.7. The molecule has 6 heteroatoms. The van der Waals surface area contributed by atoms with Crippen molar-refractivity contribution in [3.8, 4) is 0 Å². The maximum atomic E-state index is 4.68. The molecule has 0 aromatic rings. The summed E-state index contributed by atoms with van der Waals surface area (Å²) < 4.78 is 0. The lowest BCUT2D eigenvalue weighted by Crippen LogP contribution is -2.60. The van der Waals surface area contributed by atoms with Crippen LogP contribution in [-0.4, -0.2) is 97.1 Å². The van der Waals surface area contributed by atoms with Crippen molar-refractivity contribution in [1.82, 2.24) is 20.0 Å². The summed E-state index contributed by atoms with van der Waals surface area (Å²) in [5.74, 6) is 4.52. The van der Waals surface area contributed by atoms with Gasteiger partial charge in [-0.25, -0.2) is 0 Å². The number of hydrogen-bond acceptors (Lipinski definition) is 4. The highest BCUT2D eigenvalue weighted by Gasteiger charge is 2.39. The molecule has 5 nitrogen and oxygen atoms in total. The molecule has 1 aliphatic carbocycles. The predicted molar refractivity (Wildman–Crippen MR) is 124 cm³/mol. The Kier molecular flexibility index (Phi) is 8.79. The number of thioether (sulfide) groups is 1. The Hall–Kier alpha value is -0.460. The molecule has 3 aliphatic rings. The average molecular weight is 410 g/mol. The monoisotopic (exact) mass is 409 g/mol. The van der Waals surface area contributed by atoms with E-state index in [0.29, 0.717) is 5.54 Å². The number of hydrogen-bond donors (Lipinski definition) is 1. The van der Waals surface area contributed by atoms with Gasteiger partial charge in [-0.1, -0.05) is 33.1 Å². The molecule has 0 bridgehead atoms. The van der Waals surface area contributed by atoms with Crippen LogP contribution < -0.4 is 5.32 Å². The molecule has 28 heavy (non-hydrogen) atoms. The minimum absolute atomic E-state index is 0.357. The van der Waals surface area contributed by atoms with Crippen molar-refractivity contribution in [2.24, 2.45) is 10.9 Å². The van der Waals surface area contributed by atoms with E-state index in [2.05, 4.69) is 50.6 Å². The van der Waals surface area contributed by atoms with Gasteiger partial charge in [0.1, 0.15) is 0 Å². The van der Waals surface area contributed by atoms with E-state index in [1.54, 1.807) is 0 Å². The van der Waals surface area contributed by atoms with Gasteiger partial charge < -0.3 is 15.1 Å². The second-order valence-corrected chi connectivity index (χ2v) is 10.1. The minimum atomic E-state index is 0.357. The Balaban J connectivity index is 1.56. The zero-order chi connectivity index (χ0) is 19.8. The maximum absolute atomic E-state index is 4.68. The fraction of sp³-hybridized carbons (Fsp3) is 0.955. The minimum Gasteiger partial charge on any atom is -0.354 e. The molecule has 3 fully saturated rings. The van der Waals surface area contributed by atoms with E-state index < -0.39 is 0 Å². The molecule has 1 unspecified atom stereocenters. The van der Waals surface area contributed by atoms with E-state index >= 15 is 0 Å². The summed E-state index contributed by atoms with van der Waals surface area (Å²) in [5, 5.41) is 3.83. The van der Waals surface area contributed by atoms with Crippen LogP contribution in [0.1, 0.15) is 52.4 Å². The van der Waals surface area contributed by atoms with Gasteiger partial charge in [0.05, 0.1) is 0 Å². The second-order valence-electron chi connectivity index (χ2n) is 8.87. The van der Waals surface area contributed by atoms with Gasteiger partial charge in [0, 0.05) is 63.4 Å². The largest absolute Gasteiger partial charge is 0.354 e. The number of likely N-dealkylation sites (tertiary alicyclic amines) is 1. The van der Waals surface area contributed by atoms with Gasteiger partial charge in [-0.05, 0) is 38.3 Å². The third-order valence-electron chi connectivity index (χ3n) is 7.25. The lowest BCUT2D eigenvalue weighted by atomic mass is 9.80. The van der Waals surface area contributed by atoms with Crippen molar-refractivity contribution < 1.29 is 0 Å². The van der Waals surface area contributed by atoms with Gasteiger partial charge in [-0.3, -0.25) is 9.89 Å². The smallest absolute Gasteiger partial charge is 0.193 e. The van der Waals surface area contributed by atoms with Crippen molar-refractivity contribution in [1.29, 1.82) is 0 Å². The second kappa shape index (κ2) is 11.1. The average Bonchev–Trinajstić information content (AvgIpc) is 3.22. The highest BCUT2D eigenvalue weighted by atomic mass is 32.2. The topological polar surface area (TPSA) is 34.1 Å². The zero-order valence-corrected chi connectivity index (χ0v) is 19.4. The summed E-state index contributed by atoms with van der Waals surface area (Å²) in [6, 6.07) is 0. The van der Waals surface area contributed by atoms with E-state index in [0.717, 1.165) is 44.6 Å². The van der Waals surface area contributed by atoms with Crippen molar-refractivity contribution >= 4 is 17.7 Å². The molecular formula is C22H43N5S. The van der Waals surface area contributed by atoms with Gasteiger partial charge in [0.25, 0.3) is 0 Å². The van der Waals surface area contributed by atoms with Gasteiger partial charge in [-0.15, -0.1) is 0 Å². The summed E-state index contributed by atoms with van der Waals surface area (Å²) >= 11 is 2.12. The summed E-state index contributed by atoms with van der Waals surface area (Å²) in [6.45, 7) is 14.0. The van der Waals surface area contributed by atoms with Crippen molar-refractivity contribution in [2.45, 2.75) is 57.9 Å². The van der Waals surface area contributed by atoms with E-state index in [9.17, 15) is 0 Å². The Labute approximate surface area is 177 Å². The first kappa shape index (κ1) is 22.2. The summed E-state index contributed by atoms with van der Waals surface area (Å²) in [5.41, 5.74) is 0.357. The maximum Gasteiger partial charge on any atom is 0.193 e. The van der Waals surface area contributed by atoms with Gasteiger partial charge in [-0.2, -0.15) is 11.8 Å². The first-order valence-corrected chi connectivity index (χ1v) is 12.9. The normalized spacial score (nSPS) is 26.8. The van der Waals surface area contributed by atoms with Crippen LogP contribution in [0, 0.1) is 5.92 Å². The van der Waals surface area contributed by atoms with E-state index in [1.807, 2.05) is 7.05 Å². The van der Waals surface area contributed by atoms with Crippen LogP contribution in [0.4, 0.5) is 0 Å². The van der Waals surface area contributed by atoms with E-state index in [1.165, 1.54) is 69.7 Å². The quantitative estimate of drug-likeness (QED) is 0.516. The van der Waals surface area contributed by atoms with Gasteiger partial charge >= 0.3 is 0 Å². The predicted octanol–water partition coefficient (Wildman–Crippen LogP) is 2.98. The van der Waals surface area contributed by atoms with Crippen LogP contribution >= 0.6 is 11.8 Å². The number of nitrogens with one attached hydrogen (secondary N) is 1. The molecular weight excluding hydrogens is 366 g/mol. The van der Waals surface area contributed by atoms with Crippen molar-refractivity contribution in [3.63, 3.8) is 0 Å². The molecule has 0 amide bonds. The van der Waals surface area contributed by atoms with Crippen LogP contribution in [0.5, 0.6) is 0 Å². The lowest BCUT2D eigenvalue weighted by Gasteiger charge is -2.48. The summed E-state index contributed by atoms with van der Waals surface area (Å²) in [6.07, 6.45) is 8.20. The van der Waals surface area contributed by atoms with Crippen molar-refractivity contribution in [3.05, 3.63) is 0 Å². The molecule has 2 aliphatic heterocycles. The van der Waals surface area contributed by atoms with Gasteiger partial charge in [0.2, 0.25) is 0 Å². The number of rotatable bonds is 7. The van der Waals surface area contributed by atoms with Crippen LogP contribution in [-0.2, 0) is 0 Å².